The van der Waals surface area contributed by atoms with Crippen molar-refractivity contribution in [3.05, 3.63) is 46.3 Å². The largest absolute Gasteiger partial charge is 0.335 e. The monoisotopic (exact) mass is 353 g/mol. The van der Waals surface area contributed by atoms with Crippen LogP contribution in [0.25, 0.3) is 0 Å². The van der Waals surface area contributed by atoms with Crippen molar-refractivity contribution >= 4 is 17.5 Å². The number of anilines is 2. The number of benzene rings is 1. The fourth-order valence-corrected chi connectivity index (χ4v) is 3.39. The molecule has 26 heavy (non-hydrogen) atoms. The molecule has 0 unspecified atom stereocenters. The van der Waals surface area contributed by atoms with E-state index in [4.69, 9.17) is 0 Å². The van der Waals surface area contributed by atoms with Gasteiger partial charge in [-0.3, -0.25) is 4.79 Å². The molecule has 0 bridgehead atoms. The number of nitrogens with zero attached hydrogens (tertiary/aromatic N) is 4. The van der Waals surface area contributed by atoms with Crippen LogP contribution in [0.1, 0.15) is 32.9 Å². The van der Waals surface area contributed by atoms with Crippen LogP contribution in [0.15, 0.2) is 18.2 Å². The number of piperazine rings is 1. The highest BCUT2D eigenvalue weighted by Crippen LogP contribution is 2.24. The normalized spacial score (nSPS) is 15.2. The van der Waals surface area contributed by atoms with Crippen LogP contribution in [0.2, 0.25) is 0 Å². The zero-order valence-electron chi connectivity index (χ0n) is 16.3. The molecule has 1 amide bonds. The minimum absolute atomic E-state index is 0.0241. The first-order valence-corrected chi connectivity index (χ1v) is 9.02. The zero-order valence-corrected chi connectivity index (χ0v) is 16.3. The Kier molecular flexibility index (Phi) is 5.23. The maximum atomic E-state index is 12.8. The van der Waals surface area contributed by atoms with Gasteiger partial charge in [0.15, 0.2) is 0 Å². The smallest absolute Gasteiger partial charge is 0.272 e. The first-order valence-electron chi connectivity index (χ1n) is 9.02. The van der Waals surface area contributed by atoms with Crippen molar-refractivity contribution in [2.75, 3.05) is 38.5 Å². The van der Waals surface area contributed by atoms with E-state index < -0.39 is 0 Å². The van der Waals surface area contributed by atoms with Gasteiger partial charge in [0.1, 0.15) is 5.69 Å². The first-order chi connectivity index (χ1) is 12.3. The summed E-state index contributed by atoms with van der Waals surface area (Å²) in [6.07, 6.45) is 0. The van der Waals surface area contributed by atoms with Crippen LogP contribution >= 0.6 is 0 Å². The predicted molar refractivity (Wildman–Crippen MR) is 104 cm³/mol. The number of nitrogens with one attached hydrogen (secondary N) is 1. The second-order valence-corrected chi connectivity index (χ2v) is 7.21. The molecule has 1 saturated heterocycles. The van der Waals surface area contributed by atoms with Gasteiger partial charge in [0.25, 0.3) is 5.91 Å². The Morgan fingerprint density at radius 3 is 2.19 bits per heavy atom. The molecule has 0 radical (unpaired) electrons. The topological polar surface area (TPSA) is 61.4 Å². The van der Waals surface area contributed by atoms with Crippen LogP contribution in [0, 0.1) is 27.7 Å². The molecule has 1 aliphatic rings. The summed E-state index contributed by atoms with van der Waals surface area (Å²) < 4.78 is 0. The molecule has 138 valence electrons. The number of carbonyl (C=O) groups excluding carboxylic acids is 1. The van der Waals surface area contributed by atoms with E-state index in [1.165, 1.54) is 5.56 Å². The van der Waals surface area contributed by atoms with Crippen molar-refractivity contribution in [2.45, 2.75) is 27.7 Å². The Labute approximate surface area is 155 Å². The second-order valence-electron chi connectivity index (χ2n) is 7.21. The zero-order chi connectivity index (χ0) is 18.8. The lowest BCUT2D eigenvalue weighted by molar-refractivity contribution is 0.0658. The molecular formula is C20H27N5O. The number of rotatable bonds is 3. The van der Waals surface area contributed by atoms with Crippen molar-refractivity contribution in [1.82, 2.24) is 19.8 Å². The molecule has 2 heterocycles. The van der Waals surface area contributed by atoms with Crippen molar-refractivity contribution in [1.29, 1.82) is 0 Å². The van der Waals surface area contributed by atoms with E-state index in [9.17, 15) is 4.79 Å². The molecular weight excluding hydrogens is 326 g/mol. The van der Waals surface area contributed by atoms with Gasteiger partial charge in [-0.15, -0.1) is 0 Å². The van der Waals surface area contributed by atoms with Crippen LogP contribution in [-0.2, 0) is 0 Å². The standard InChI is InChI=1S/C20H27N5O/c1-13-10-14(2)18(15(3)11-13)23-20-21-16(4)12-17(22-20)19(26)25-8-6-24(5)7-9-25/h10-12H,6-9H2,1-5H3,(H,21,22,23). The quantitative estimate of drug-likeness (QED) is 0.919. The lowest BCUT2D eigenvalue weighted by atomic mass is 10.1. The van der Waals surface area contributed by atoms with Crippen LogP contribution in [0.4, 0.5) is 11.6 Å². The molecule has 0 saturated carbocycles. The van der Waals surface area contributed by atoms with Gasteiger partial charge < -0.3 is 15.1 Å². The maximum absolute atomic E-state index is 12.8. The van der Waals surface area contributed by atoms with Crippen molar-refractivity contribution < 1.29 is 4.79 Å². The average molecular weight is 353 g/mol. The molecule has 0 atom stereocenters. The molecule has 2 aromatic rings. The molecule has 1 fully saturated rings. The molecule has 1 aliphatic heterocycles. The average Bonchev–Trinajstić information content (AvgIpc) is 2.57. The fraction of sp³-hybridized carbons (Fsp3) is 0.450. The number of hydrogen-bond acceptors (Lipinski definition) is 5. The summed E-state index contributed by atoms with van der Waals surface area (Å²) >= 11 is 0. The Balaban J connectivity index is 1.85. The van der Waals surface area contributed by atoms with E-state index >= 15 is 0 Å². The molecule has 1 N–H and O–H groups in total. The minimum Gasteiger partial charge on any atom is -0.335 e. The van der Waals surface area contributed by atoms with E-state index in [1.54, 1.807) is 6.07 Å². The Bertz CT molecular complexity index is 802. The second kappa shape index (κ2) is 7.41. The molecule has 3 rings (SSSR count). The van der Waals surface area contributed by atoms with E-state index in [0.717, 1.165) is 48.7 Å². The number of carbonyl (C=O) groups is 1. The third-order valence-corrected chi connectivity index (χ3v) is 4.78. The molecule has 6 heteroatoms. The molecule has 1 aromatic heterocycles. The summed E-state index contributed by atoms with van der Waals surface area (Å²) in [6.45, 7) is 11.4. The van der Waals surface area contributed by atoms with Gasteiger partial charge in [0.2, 0.25) is 5.95 Å². The third-order valence-electron chi connectivity index (χ3n) is 4.78. The van der Waals surface area contributed by atoms with E-state index in [-0.39, 0.29) is 5.91 Å². The van der Waals surface area contributed by atoms with Crippen LogP contribution in [0.5, 0.6) is 0 Å². The van der Waals surface area contributed by atoms with Gasteiger partial charge in [-0.05, 0) is 51.9 Å². The Hall–Kier alpha value is -2.47. The number of aryl methyl sites for hydroxylation is 4. The summed E-state index contributed by atoms with van der Waals surface area (Å²) in [4.78, 5) is 25.9. The van der Waals surface area contributed by atoms with Crippen molar-refractivity contribution in [3.63, 3.8) is 0 Å². The molecule has 6 nitrogen and oxygen atoms in total. The minimum atomic E-state index is -0.0241. The van der Waals surface area contributed by atoms with Crippen LogP contribution in [-0.4, -0.2) is 58.9 Å². The maximum Gasteiger partial charge on any atom is 0.272 e. The lowest BCUT2D eigenvalue weighted by Gasteiger charge is -2.32. The van der Waals surface area contributed by atoms with Gasteiger partial charge in [-0.25, -0.2) is 9.97 Å². The SMILES string of the molecule is Cc1cc(C)c(Nc2nc(C)cc(C(=O)N3CCN(C)CC3)n2)c(C)c1. The van der Waals surface area contributed by atoms with Crippen LogP contribution in [0.3, 0.4) is 0 Å². The highest BCUT2D eigenvalue weighted by molar-refractivity contribution is 5.92. The molecule has 1 aromatic carbocycles. The Morgan fingerprint density at radius 2 is 1.58 bits per heavy atom. The highest BCUT2D eigenvalue weighted by Gasteiger charge is 2.22. The summed E-state index contributed by atoms with van der Waals surface area (Å²) in [6, 6.07) is 6.02. The summed E-state index contributed by atoms with van der Waals surface area (Å²) in [5, 5.41) is 3.31. The lowest BCUT2D eigenvalue weighted by Crippen LogP contribution is -2.47. The summed E-state index contributed by atoms with van der Waals surface area (Å²) in [7, 11) is 2.07. The van der Waals surface area contributed by atoms with E-state index in [2.05, 4.69) is 60.1 Å². The van der Waals surface area contributed by atoms with E-state index in [0.29, 0.717) is 11.6 Å². The van der Waals surface area contributed by atoms with Crippen molar-refractivity contribution in [3.8, 4) is 0 Å². The van der Waals surface area contributed by atoms with Gasteiger partial charge in [0.05, 0.1) is 0 Å². The highest BCUT2D eigenvalue weighted by atomic mass is 16.2. The third kappa shape index (κ3) is 4.02. The molecule has 0 aliphatic carbocycles. The fourth-order valence-electron chi connectivity index (χ4n) is 3.39. The number of hydrogen-bond donors (Lipinski definition) is 1. The van der Waals surface area contributed by atoms with Gasteiger partial charge in [0, 0.05) is 37.6 Å². The van der Waals surface area contributed by atoms with Gasteiger partial charge in [-0.1, -0.05) is 17.7 Å². The first kappa shape index (κ1) is 18.3. The van der Waals surface area contributed by atoms with E-state index in [1.807, 2.05) is 11.8 Å². The molecule has 0 spiro atoms. The summed E-state index contributed by atoms with van der Waals surface area (Å²) in [5.41, 5.74) is 5.73. The Morgan fingerprint density at radius 1 is 0.962 bits per heavy atom. The van der Waals surface area contributed by atoms with Crippen LogP contribution < -0.4 is 5.32 Å². The van der Waals surface area contributed by atoms with Gasteiger partial charge in [-0.2, -0.15) is 0 Å². The number of likely N-dealkylation sites (N-methyl/N-ethyl adjacent to an activating group) is 1. The number of aromatic nitrogens is 2. The summed E-state index contributed by atoms with van der Waals surface area (Å²) in [5.74, 6) is 0.446. The predicted octanol–water partition coefficient (Wildman–Crippen LogP) is 2.84. The number of amides is 1. The van der Waals surface area contributed by atoms with Gasteiger partial charge >= 0.3 is 0 Å². The van der Waals surface area contributed by atoms with Crippen molar-refractivity contribution in [2.24, 2.45) is 0 Å².